The largest absolute Gasteiger partial charge is 0.491 e. The number of aromatic nitrogens is 5. The molecule has 12 heteroatoms. The average molecular weight is 722 g/mol. The zero-order valence-electron chi connectivity index (χ0n) is 31.8. The first-order valence-corrected chi connectivity index (χ1v) is 18.7. The minimum Gasteiger partial charge on any atom is -0.491 e. The maximum Gasteiger partial charge on any atom is 0.209 e. The third-order valence-corrected chi connectivity index (χ3v) is 9.68. The molecule has 6 aromatic rings. The zero-order valence-corrected chi connectivity index (χ0v) is 31.8. The van der Waals surface area contributed by atoms with Gasteiger partial charge in [-0.25, -0.2) is 15.0 Å². The Kier molecular flexibility index (Phi) is 13.3. The van der Waals surface area contributed by atoms with Crippen LogP contribution in [0.1, 0.15) is 38.1 Å². The molecule has 2 aliphatic rings. The number of fused-ring (bicyclic) bond motifs is 2. The highest BCUT2D eigenvalue weighted by atomic mass is 16.5. The minimum atomic E-state index is 0. The highest BCUT2D eigenvalue weighted by Gasteiger charge is 2.22. The number of aromatic amines is 1. The fourth-order valence-corrected chi connectivity index (χ4v) is 6.69. The Labute approximate surface area is 314 Å². The van der Waals surface area contributed by atoms with Gasteiger partial charge < -0.3 is 28.7 Å². The molecule has 0 amide bonds. The number of H-pyrrole nitrogens is 1. The Morgan fingerprint density at radius 1 is 0.792 bits per heavy atom. The molecule has 2 aromatic carbocycles. The van der Waals surface area contributed by atoms with Gasteiger partial charge in [-0.2, -0.15) is 0 Å². The summed E-state index contributed by atoms with van der Waals surface area (Å²) in [4.78, 5) is 30.6. The second kappa shape index (κ2) is 18.6. The number of pyridine rings is 1. The van der Waals surface area contributed by atoms with Gasteiger partial charge in [-0.1, -0.05) is 26.0 Å². The van der Waals surface area contributed by atoms with E-state index in [0.29, 0.717) is 13.2 Å². The summed E-state index contributed by atoms with van der Waals surface area (Å²) in [6.07, 6.45) is 5.38. The number of aryl methyl sites for hydroxylation is 1. The van der Waals surface area contributed by atoms with E-state index < -0.39 is 0 Å². The molecule has 4 aromatic heterocycles. The van der Waals surface area contributed by atoms with Crippen LogP contribution in [0.2, 0.25) is 0 Å². The quantitative estimate of drug-likeness (QED) is 0.152. The second-order valence-corrected chi connectivity index (χ2v) is 13.1. The molecule has 2 fully saturated rings. The maximum absolute atomic E-state index is 5.83. The number of methoxy groups -OCH3 is 1. The van der Waals surface area contributed by atoms with E-state index in [4.69, 9.17) is 13.9 Å². The van der Waals surface area contributed by atoms with Crippen LogP contribution in [0.5, 0.6) is 5.75 Å². The third-order valence-electron chi connectivity index (χ3n) is 9.68. The Morgan fingerprint density at radius 2 is 1.51 bits per heavy atom. The zero-order chi connectivity index (χ0) is 37.0. The van der Waals surface area contributed by atoms with E-state index in [1.807, 2.05) is 63.5 Å². The summed E-state index contributed by atoms with van der Waals surface area (Å²) in [6.45, 7) is 19.1. The van der Waals surface area contributed by atoms with Crippen molar-refractivity contribution in [1.29, 1.82) is 0 Å². The van der Waals surface area contributed by atoms with Crippen molar-refractivity contribution in [2.24, 2.45) is 0 Å². The SMILES string of the molecule is CC.COCCOc1ccc2[nH]c(CN3CCN(c4ccncc4)CC3)cc2c1.Cc1ncnc(N2CCN(Cc3nc4ccccc4o3)CC2)c1C.[HH]. The lowest BCUT2D eigenvalue weighted by Crippen LogP contribution is -2.46. The van der Waals surface area contributed by atoms with Gasteiger partial charge in [-0.3, -0.25) is 14.8 Å². The number of rotatable bonds is 10. The predicted octanol–water partition coefficient (Wildman–Crippen LogP) is 6.74. The first-order chi connectivity index (χ1) is 26.0. The predicted molar refractivity (Wildman–Crippen MR) is 214 cm³/mol. The molecule has 53 heavy (non-hydrogen) atoms. The molecule has 8 rings (SSSR count). The van der Waals surface area contributed by atoms with E-state index in [2.05, 4.69) is 81.8 Å². The molecule has 0 aliphatic carbocycles. The molecule has 0 saturated carbocycles. The van der Waals surface area contributed by atoms with Gasteiger partial charge in [0.2, 0.25) is 5.89 Å². The molecule has 0 atom stereocenters. The molecule has 0 spiro atoms. The van der Waals surface area contributed by atoms with E-state index in [-0.39, 0.29) is 1.43 Å². The molecule has 6 heterocycles. The van der Waals surface area contributed by atoms with Gasteiger partial charge in [-0.15, -0.1) is 0 Å². The number of nitrogens with zero attached hydrogens (tertiary/aromatic N) is 8. The molecule has 0 radical (unpaired) electrons. The van der Waals surface area contributed by atoms with Crippen molar-refractivity contribution in [3.8, 4) is 5.75 Å². The number of anilines is 2. The van der Waals surface area contributed by atoms with Crippen LogP contribution in [-0.2, 0) is 17.8 Å². The summed E-state index contributed by atoms with van der Waals surface area (Å²) in [6, 6.07) is 20.5. The standard InChI is InChI=1S/C21H26N4O2.C18H21N5O.C2H6.H2/c1-26-12-13-27-20-2-3-21-17(15-20)14-18(23-21)16-24-8-10-25(11-9-24)19-4-6-22-7-5-19;1-13-14(2)19-12-20-18(13)23-9-7-22(8-10-23)11-17-21-15-5-3-4-6-16(15)24-17;1-2;/h2-7,14-15,23H,8-13,16H2,1H3;3-6,12H,7-11H2,1-2H3;1-2H3;1H. The monoisotopic (exact) mass is 721 g/mol. The van der Waals surface area contributed by atoms with Crippen molar-refractivity contribution in [2.45, 2.75) is 40.8 Å². The first-order valence-electron chi connectivity index (χ1n) is 18.7. The molecule has 0 unspecified atom stereocenters. The lowest BCUT2D eigenvalue weighted by molar-refractivity contribution is 0.146. The molecule has 2 saturated heterocycles. The molecule has 12 nitrogen and oxygen atoms in total. The van der Waals surface area contributed by atoms with E-state index in [9.17, 15) is 0 Å². The van der Waals surface area contributed by atoms with Gasteiger partial charge >= 0.3 is 0 Å². The Bertz CT molecular complexity index is 1970. The number of nitrogens with one attached hydrogen (secondary N) is 1. The van der Waals surface area contributed by atoms with Crippen LogP contribution < -0.4 is 14.5 Å². The van der Waals surface area contributed by atoms with Gasteiger partial charge in [0.15, 0.2) is 5.58 Å². The Balaban J connectivity index is 0.000000196. The average Bonchev–Trinajstić information content (AvgIpc) is 3.81. The van der Waals surface area contributed by atoms with Crippen LogP contribution in [0, 0.1) is 13.8 Å². The van der Waals surface area contributed by atoms with Crippen molar-refractivity contribution in [3.05, 3.63) is 102 Å². The highest BCUT2D eigenvalue weighted by molar-refractivity contribution is 5.82. The number of para-hydroxylation sites is 2. The lowest BCUT2D eigenvalue weighted by atomic mass is 10.2. The van der Waals surface area contributed by atoms with Crippen molar-refractivity contribution in [3.63, 3.8) is 0 Å². The fourth-order valence-electron chi connectivity index (χ4n) is 6.69. The highest BCUT2D eigenvalue weighted by Crippen LogP contribution is 2.24. The summed E-state index contributed by atoms with van der Waals surface area (Å²) < 4.78 is 16.6. The van der Waals surface area contributed by atoms with Crippen LogP contribution in [0.4, 0.5) is 11.5 Å². The van der Waals surface area contributed by atoms with E-state index in [1.54, 1.807) is 13.4 Å². The number of piperazine rings is 2. The van der Waals surface area contributed by atoms with Gasteiger partial charge in [0, 0.05) is 113 Å². The second-order valence-electron chi connectivity index (χ2n) is 13.1. The van der Waals surface area contributed by atoms with E-state index in [1.165, 1.54) is 22.3 Å². The van der Waals surface area contributed by atoms with Gasteiger partial charge in [-0.05, 0) is 62.4 Å². The smallest absolute Gasteiger partial charge is 0.209 e. The first kappa shape index (κ1) is 37.7. The Morgan fingerprint density at radius 3 is 2.25 bits per heavy atom. The number of hydrogen-bond acceptors (Lipinski definition) is 11. The molecule has 1 N–H and O–H groups in total. The van der Waals surface area contributed by atoms with E-state index >= 15 is 0 Å². The molecular weight excluding hydrogens is 667 g/mol. The van der Waals surface area contributed by atoms with Crippen molar-refractivity contribution in [1.82, 2.24) is 34.7 Å². The molecule has 0 bridgehead atoms. The van der Waals surface area contributed by atoms with Crippen LogP contribution in [0.25, 0.3) is 22.0 Å². The topological polar surface area (TPSA) is 112 Å². The molecule has 282 valence electrons. The molecule has 2 aliphatic heterocycles. The summed E-state index contributed by atoms with van der Waals surface area (Å²) >= 11 is 0. The summed E-state index contributed by atoms with van der Waals surface area (Å²) in [5, 5.41) is 1.19. The van der Waals surface area contributed by atoms with E-state index in [0.717, 1.165) is 105 Å². The van der Waals surface area contributed by atoms with Crippen molar-refractivity contribution in [2.75, 3.05) is 82.5 Å². The maximum atomic E-state index is 5.83. The van der Waals surface area contributed by atoms with Crippen LogP contribution in [0.3, 0.4) is 0 Å². The number of hydrogen-bond donors (Lipinski definition) is 1. The van der Waals surface area contributed by atoms with Crippen LogP contribution in [-0.4, -0.2) is 107 Å². The summed E-state index contributed by atoms with van der Waals surface area (Å²) in [5.41, 5.74) is 7.67. The number of oxazole rings is 1. The van der Waals surface area contributed by atoms with Crippen LogP contribution >= 0.6 is 0 Å². The van der Waals surface area contributed by atoms with Gasteiger partial charge in [0.1, 0.15) is 30.0 Å². The van der Waals surface area contributed by atoms with Crippen molar-refractivity contribution < 1.29 is 15.3 Å². The molecular formula is C41H55N9O3. The van der Waals surface area contributed by atoms with Gasteiger partial charge in [0.25, 0.3) is 0 Å². The van der Waals surface area contributed by atoms with Crippen LogP contribution in [0.15, 0.2) is 83.8 Å². The minimum absolute atomic E-state index is 0. The van der Waals surface area contributed by atoms with Gasteiger partial charge in [0.05, 0.1) is 13.2 Å². The Hall–Kier alpha value is -5.04. The lowest BCUT2D eigenvalue weighted by Gasteiger charge is -2.35. The number of benzene rings is 2. The number of ether oxygens (including phenoxy) is 2. The third kappa shape index (κ3) is 9.89. The summed E-state index contributed by atoms with van der Waals surface area (Å²) in [5.74, 6) is 2.73. The fraction of sp³-hybridized carbons (Fsp3) is 0.415. The summed E-state index contributed by atoms with van der Waals surface area (Å²) in [7, 11) is 1.68. The normalized spacial score (nSPS) is 15.2. The van der Waals surface area contributed by atoms with Crippen molar-refractivity contribution >= 4 is 33.5 Å².